The molecule has 0 atom stereocenters. The van der Waals surface area contributed by atoms with E-state index in [2.05, 4.69) is 24.8 Å². The standard InChI is InChI=1S/C20H24N4O2S/c1-14(2)13-27-20-22-18(15-4-6-16(25-3)7-5-15)17(12-21)19(23-20)24-8-10-26-11-9-24/h4-7,14H,8-11,13H2,1-3H3. The number of methoxy groups -OCH3 is 1. The van der Waals surface area contributed by atoms with E-state index >= 15 is 0 Å². The molecule has 0 unspecified atom stereocenters. The summed E-state index contributed by atoms with van der Waals surface area (Å²) in [6.07, 6.45) is 0. The summed E-state index contributed by atoms with van der Waals surface area (Å²) in [4.78, 5) is 11.6. The van der Waals surface area contributed by atoms with Crippen molar-refractivity contribution in [2.45, 2.75) is 19.0 Å². The fourth-order valence-electron chi connectivity index (χ4n) is 2.80. The number of ether oxygens (including phenoxy) is 2. The second-order valence-electron chi connectivity index (χ2n) is 6.70. The van der Waals surface area contributed by atoms with E-state index in [0.717, 1.165) is 30.2 Å². The van der Waals surface area contributed by atoms with Gasteiger partial charge in [-0.2, -0.15) is 5.26 Å². The first-order valence-electron chi connectivity index (χ1n) is 9.04. The van der Waals surface area contributed by atoms with E-state index in [1.807, 2.05) is 24.3 Å². The van der Waals surface area contributed by atoms with Crippen molar-refractivity contribution in [2.24, 2.45) is 5.92 Å². The molecule has 1 saturated heterocycles. The highest BCUT2D eigenvalue weighted by Crippen LogP contribution is 2.32. The Morgan fingerprint density at radius 3 is 2.52 bits per heavy atom. The van der Waals surface area contributed by atoms with Gasteiger partial charge in [0.05, 0.1) is 26.0 Å². The molecule has 1 aromatic heterocycles. The van der Waals surface area contributed by atoms with E-state index < -0.39 is 0 Å². The van der Waals surface area contributed by atoms with E-state index in [9.17, 15) is 5.26 Å². The third-order valence-corrected chi connectivity index (χ3v) is 5.48. The molecule has 0 radical (unpaired) electrons. The van der Waals surface area contributed by atoms with E-state index in [0.29, 0.717) is 41.4 Å². The lowest BCUT2D eigenvalue weighted by molar-refractivity contribution is 0.122. The molecule has 27 heavy (non-hydrogen) atoms. The Morgan fingerprint density at radius 1 is 1.22 bits per heavy atom. The Bertz CT molecular complexity index is 812. The molecular formula is C20H24N4O2S. The lowest BCUT2D eigenvalue weighted by atomic mass is 10.1. The minimum Gasteiger partial charge on any atom is -0.497 e. The van der Waals surface area contributed by atoms with Gasteiger partial charge in [-0.25, -0.2) is 9.97 Å². The Labute approximate surface area is 164 Å². The molecule has 1 aromatic carbocycles. The van der Waals surface area contributed by atoms with Crippen molar-refractivity contribution in [3.8, 4) is 23.1 Å². The number of hydrogen-bond acceptors (Lipinski definition) is 7. The smallest absolute Gasteiger partial charge is 0.190 e. The summed E-state index contributed by atoms with van der Waals surface area (Å²) in [5, 5.41) is 10.6. The molecule has 6 nitrogen and oxygen atoms in total. The number of benzene rings is 1. The first-order chi connectivity index (χ1) is 13.1. The van der Waals surface area contributed by atoms with Crippen LogP contribution in [0.15, 0.2) is 29.4 Å². The van der Waals surface area contributed by atoms with Crippen LogP contribution < -0.4 is 9.64 Å². The minimum absolute atomic E-state index is 0.510. The highest BCUT2D eigenvalue weighted by Gasteiger charge is 2.22. The van der Waals surface area contributed by atoms with E-state index in [-0.39, 0.29) is 0 Å². The molecule has 1 fully saturated rings. The second kappa shape index (κ2) is 9.07. The largest absolute Gasteiger partial charge is 0.497 e. The number of nitriles is 1. The van der Waals surface area contributed by atoms with E-state index in [4.69, 9.17) is 19.4 Å². The summed E-state index contributed by atoms with van der Waals surface area (Å²) < 4.78 is 10.7. The second-order valence-corrected chi connectivity index (χ2v) is 7.69. The van der Waals surface area contributed by atoms with Crippen molar-refractivity contribution in [2.75, 3.05) is 44.1 Å². The molecule has 1 aliphatic rings. The highest BCUT2D eigenvalue weighted by molar-refractivity contribution is 7.99. The molecule has 0 amide bonds. The first-order valence-corrected chi connectivity index (χ1v) is 10.0. The van der Waals surface area contributed by atoms with Crippen molar-refractivity contribution >= 4 is 17.6 Å². The van der Waals surface area contributed by atoms with Gasteiger partial charge < -0.3 is 14.4 Å². The Balaban J connectivity index is 2.07. The van der Waals surface area contributed by atoms with Gasteiger partial charge in [0.2, 0.25) is 0 Å². The summed E-state index contributed by atoms with van der Waals surface area (Å²) in [5.41, 5.74) is 2.06. The Hall–Kier alpha value is -2.30. The SMILES string of the molecule is COc1ccc(-c2nc(SCC(C)C)nc(N3CCOCC3)c2C#N)cc1. The van der Waals surface area contributed by atoms with Crippen molar-refractivity contribution in [3.63, 3.8) is 0 Å². The normalized spacial score (nSPS) is 14.3. The van der Waals surface area contributed by atoms with Crippen molar-refractivity contribution < 1.29 is 9.47 Å². The van der Waals surface area contributed by atoms with Crippen molar-refractivity contribution in [1.29, 1.82) is 5.26 Å². The fourth-order valence-corrected chi connectivity index (χ4v) is 3.59. The van der Waals surface area contributed by atoms with Gasteiger partial charge in [0.15, 0.2) is 11.0 Å². The highest BCUT2D eigenvalue weighted by atomic mass is 32.2. The van der Waals surface area contributed by atoms with Crippen LogP contribution in [0.1, 0.15) is 19.4 Å². The quantitative estimate of drug-likeness (QED) is 0.556. The predicted molar refractivity (Wildman–Crippen MR) is 107 cm³/mol. The molecule has 0 aliphatic carbocycles. The van der Waals surface area contributed by atoms with Crippen molar-refractivity contribution in [3.05, 3.63) is 29.8 Å². The van der Waals surface area contributed by atoms with Gasteiger partial charge in [-0.3, -0.25) is 0 Å². The average molecular weight is 385 g/mol. The molecule has 0 N–H and O–H groups in total. The zero-order valence-electron chi connectivity index (χ0n) is 15.9. The maximum Gasteiger partial charge on any atom is 0.190 e. The third kappa shape index (κ3) is 4.71. The molecular weight excluding hydrogens is 360 g/mol. The van der Waals surface area contributed by atoms with Crippen LogP contribution in [0.4, 0.5) is 5.82 Å². The van der Waals surface area contributed by atoms with Gasteiger partial charge in [0.25, 0.3) is 0 Å². The van der Waals surface area contributed by atoms with Crippen LogP contribution >= 0.6 is 11.8 Å². The van der Waals surface area contributed by atoms with Gasteiger partial charge in [-0.05, 0) is 30.2 Å². The van der Waals surface area contributed by atoms with Crippen molar-refractivity contribution in [1.82, 2.24) is 9.97 Å². The average Bonchev–Trinajstić information content (AvgIpc) is 2.72. The molecule has 1 aliphatic heterocycles. The minimum atomic E-state index is 0.510. The zero-order valence-corrected chi connectivity index (χ0v) is 16.8. The fraction of sp³-hybridized carbons (Fsp3) is 0.450. The van der Waals surface area contributed by atoms with Crippen LogP contribution in [0.5, 0.6) is 5.75 Å². The number of hydrogen-bond donors (Lipinski definition) is 0. The molecule has 0 spiro atoms. The molecule has 0 bridgehead atoms. The molecule has 2 heterocycles. The topological polar surface area (TPSA) is 71.3 Å². The van der Waals surface area contributed by atoms with Gasteiger partial charge in [0.1, 0.15) is 17.4 Å². The lowest BCUT2D eigenvalue weighted by Crippen LogP contribution is -2.37. The molecule has 142 valence electrons. The van der Waals surface area contributed by atoms with E-state index in [1.54, 1.807) is 18.9 Å². The molecule has 2 aromatic rings. The van der Waals surface area contributed by atoms with Crippen LogP contribution in [0, 0.1) is 17.2 Å². The van der Waals surface area contributed by atoms with Crippen LogP contribution in [0.25, 0.3) is 11.3 Å². The van der Waals surface area contributed by atoms with Gasteiger partial charge >= 0.3 is 0 Å². The summed E-state index contributed by atoms with van der Waals surface area (Å²) in [6, 6.07) is 9.96. The third-order valence-electron chi connectivity index (χ3n) is 4.20. The van der Waals surface area contributed by atoms with Crippen LogP contribution in [-0.4, -0.2) is 49.1 Å². The number of rotatable bonds is 6. The van der Waals surface area contributed by atoms with Crippen LogP contribution in [-0.2, 0) is 4.74 Å². The summed E-state index contributed by atoms with van der Waals surface area (Å²) in [6.45, 7) is 7.07. The number of anilines is 1. The molecule has 7 heteroatoms. The van der Waals surface area contributed by atoms with Crippen LogP contribution in [0.3, 0.4) is 0 Å². The van der Waals surface area contributed by atoms with Gasteiger partial charge in [0, 0.05) is 24.4 Å². The lowest BCUT2D eigenvalue weighted by Gasteiger charge is -2.29. The number of morpholine rings is 1. The van der Waals surface area contributed by atoms with Gasteiger partial charge in [-0.1, -0.05) is 25.6 Å². The number of aromatic nitrogens is 2. The van der Waals surface area contributed by atoms with E-state index in [1.165, 1.54) is 0 Å². The summed E-state index contributed by atoms with van der Waals surface area (Å²) in [7, 11) is 1.64. The van der Waals surface area contributed by atoms with Gasteiger partial charge in [-0.15, -0.1) is 0 Å². The Morgan fingerprint density at radius 2 is 1.93 bits per heavy atom. The first kappa shape index (κ1) is 19.5. The number of thioether (sulfide) groups is 1. The number of nitrogens with zero attached hydrogens (tertiary/aromatic N) is 4. The Kier molecular flexibility index (Phi) is 6.54. The van der Waals surface area contributed by atoms with Crippen LogP contribution in [0.2, 0.25) is 0 Å². The monoisotopic (exact) mass is 384 g/mol. The predicted octanol–water partition coefficient (Wildman–Crippen LogP) is 3.61. The maximum atomic E-state index is 9.88. The summed E-state index contributed by atoms with van der Waals surface area (Å²) >= 11 is 1.63. The zero-order chi connectivity index (χ0) is 19.2. The maximum absolute atomic E-state index is 9.88. The molecule has 0 saturated carbocycles. The molecule has 3 rings (SSSR count). The summed E-state index contributed by atoms with van der Waals surface area (Å²) in [5.74, 6) is 2.93.